The number of hydrogen-bond donors (Lipinski definition) is 1. The first kappa shape index (κ1) is 18.4. The fourth-order valence-corrected chi connectivity index (χ4v) is 3.23. The molecule has 0 amide bonds. The van der Waals surface area contributed by atoms with Gasteiger partial charge in [0.1, 0.15) is 5.75 Å². The molecule has 1 N–H and O–H groups in total. The molecule has 0 heterocycles. The summed E-state index contributed by atoms with van der Waals surface area (Å²) in [5.41, 5.74) is 0. The van der Waals surface area contributed by atoms with Crippen molar-refractivity contribution in [3.05, 3.63) is 0 Å². The second-order valence-corrected chi connectivity index (χ2v) is 7.35. The lowest BCUT2D eigenvalue weighted by molar-refractivity contribution is -0.134. The monoisotopic (exact) mass is 292 g/mol. The minimum atomic E-state index is -3.39. The van der Waals surface area contributed by atoms with Crippen LogP contribution in [0.2, 0.25) is 0 Å². The van der Waals surface area contributed by atoms with E-state index in [1.54, 1.807) is 0 Å². The van der Waals surface area contributed by atoms with Crippen molar-refractivity contribution >= 4 is 15.8 Å². The minimum absolute atomic E-state index is 0.00972. The van der Waals surface area contributed by atoms with E-state index in [2.05, 4.69) is 6.92 Å². The molecule has 0 spiro atoms. The highest BCUT2D eigenvalue weighted by Crippen LogP contribution is 2.11. The molecule has 0 bridgehead atoms. The van der Waals surface area contributed by atoms with Crippen molar-refractivity contribution in [1.29, 1.82) is 0 Å². The smallest absolute Gasteiger partial charge is 0.318 e. The van der Waals surface area contributed by atoms with Crippen LogP contribution in [0.1, 0.15) is 71.1 Å². The van der Waals surface area contributed by atoms with Crippen molar-refractivity contribution in [3.8, 4) is 0 Å². The van der Waals surface area contributed by atoms with Gasteiger partial charge in [-0.2, -0.15) is 0 Å². The number of carbonyl (C=O) groups is 1. The first-order valence-electron chi connectivity index (χ1n) is 7.40. The van der Waals surface area contributed by atoms with Gasteiger partial charge in [0.25, 0.3) is 0 Å². The zero-order valence-corrected chi connectivity index (χ0v) is 12.9. The Labute approximate surface area is 117 Å². The predicted octanol–water partition coefficient (Wildman–Crippen LogP) is 3.41. The number of rotatable bonds is 13. The fraction of sp³-hybridized carbons (Fsp3) is 0.929. The van der Waals surface area contributed by atoms with E-state index in [-0.39, 0.29) is 5.75 Å². The molecule has 5 heteroatoms. The maximum absolute atomic E-state index is 11.3. The Bertz CT molecular complexity index is 322. The van der Waals surface area contributed by atoms with Crippen LogP contribution in [0.3, 0.4) is 0 Å². The molecule has 0 aliphatic carbocycles. The summed E-state index contributed by atoms with van der Waals surface area (Å²) in [7, 11) is -3.39. The summed E-state index contributed by atoms with van der Waals surface area (Å²) in [5, 5.41) is 8.43. The Balaban J connectivity index is 3.34. The average Bonchev–Trinajstić information content (AvgIpc) is 2.30. The molecule has 0 aliphatic heterocycles. The number of hydrogen-bond acceptors (Lipinski definition) is 3. The Kier molecular flexibility index (Phi) is 10.9. The summed E-state index contributed by atoms with van der Waals surface area (Å²) < 4.78 is 22.6. The van der Waals surface area contributed by atoms with Gasteiger partial charge in [0.15, 0.2) is 9.84 Å². The molecule has 0 fully saturated rings. The number of carboxylic acids is 1. The zero-order chi connectivity index (χ0) is 14.6. The van der Waals surface area contributed by atoms with E-state index >= 15 is 0 Å². The SMILES string of the molecule is CCCCCCCCCCCCS(=O)(=O)CC(=O)O. The molecule has 0 aromatic rings. The molecule has 0 radical (unpaired) electrons. The molecule has 0 unspecified atom stereocenters. The van der Waals surface area contributed by atoms with Crippen LogP contribution in [0.25, 0.3) is 0 Å². The van der Waals surface area contributed by atoms with Crippen molar-refractivity contribution in [2.75, 3.05) is 11.5 Å². The molecule has 0 aliphatic rings. The van der Waals surface area contributed by atoms with E-state index in [0.717, 1.165) is 19.3 Å². The lowest BCUT2D eigenvalue weighted by Gasteiger charge is -2.03. The van der Waals surface area contributed by atoms with Crippen LogP contribution in [0.15, 0.2) is 0 Å². The Hall–Kier alpha value is -0.580. The Morgan fingerprint density at radius 2 is 1.26 bits per heavy atom. The van der Waals surface area contributed by atoms with E-state index in [0.29, 0.717) is 6.42 Å². The summed E-state index contributed by atoms with van der Waals surface area (Å²) >= 11 is 0. The van der Waals surface area contributed by atoms with Crippen molar-refractivity contribution in [2.45, 2.75) is 71.1 Å². The largest absolute Gasteiger partial charge is 0.480 e. The maximum atomic E-state index is 11.3. The Morgan fingerprint density at radius 3 is 1.68 bits per heavy atom. The van der Waals surface area contributed by atoms with Gasteiger partial charge in [0.05, 0.1) is 5.75 Å². The number of carboxylic acid groups (broad SMARTS) is 1. The first-order valence-corrected chi connectivity index (χ1v) is 9.22. The lowest BCUT2D eigenvalue weighted by Crippen LogP contribution is -2.18. The molecule has 0 atom stereocenters. The fourth-order valence-electron chi connectivity index (χ4n) is 2.07. The highest BCUT2D eigenvalue weighted by molar-refractivity contribution is 7.92. The van der Waals surface area contributed by atoms with Gasteiger partial charge in [-0.05, 0) is 6.42 Å². The molecular weight excluding hydrogens is 264 g/mol. The normalized spacial score (nSPS) is 11.6. The minimum Gasteiger partial charge on any atom is -0.480 e. The third-order valence-electron chi connectivity index (χ3n) is 3.15. The topological polar surface area (TPSA) is 71.4 Å². The molecule has 19 heavy (non-hydrogen) atoms. The van der Waals surface area contributed by atoms with Crippen molar-refractivity contribution in [3.63, 3.8) is 0 Å². The summed E-state index contributed by atoms with van der Waals surface area (Å²) in [6.07, 6.45) is 11.4. The van der Waals surface area contributed by atoms with Crippen molar-refractivity contribution in [2.24, 2.45) is 0 Å². The van der Waals surface area contributed by atoms with Crippen molar-refractivity contribution < 1.29 is 18.3 Å². The van der Waals surface area contributed by atoms with Crippen LogP contribution < -0.4 is 0 Å². The Morgan fingerprint density at radius 1 is 0.842 bits per heavy atom. The molecule has 0 rings (SSSR count). The summed E-state index contributed by atoms with van der Waals surface area (Å²) in [4.78, 5) is 10.3. The van der Waals surface area contributed by atoms with E-state index in [1.165, 1.54) is 38.5 Å². The second-order valence-electron chi connectivity index (χ2n) is 5.17. The number of aliphatic carboxylic acids is 1. The second kappa shape index (κ2) is 11.3. The van der Waals surface area contributed by atoms with Gasteiger partial charge < -0.3 is 5.11 Å². The van der Waals surface area contributed by atoms with Crippen LogP contribution in [-0.2, 0) is 14.6 Å². The average molecular weight is 292 g/mol. The van der Waals surface area contributed by atoms with Gasteiger partial charge in [-0.1, -0.05) is 64.7 Å². The molecule has 0 saturated carbocycles. The third-order valence-corrected chi connectivity index (χ3v) is 4.75. The van der Waals surface area contributed by atoms with Gasteiger partial charge in [-0.15, -0.1) is 0 Å². The first-order chi connectivity index (χ1) is 8.98. The van der Waals surface area contributed by atoms with Gasteiger partial charge in [-0.3, -0.25) is 4.79 Å². The predicted molar refractivity (Wildman–Crippen MR) is 78.1 cm³/mol. The quantitative estimate of drug-likeness (QED) is 0.528. The molecule has 4 nitrogen and oxygen atoms in total. The van der Waals surface area contributed by atoms with E-state index < -0.39 is 21.6 Å². The van der Waals surface area contributed by atoms with Crippen LogP contribution in [-0.4, -0.2) is 31.0 Å². The number of unbranched alkanes of at least 4 members (excludes halogenated alkanes) is 9. The van der Waals surface area contributed by atoms with Gasteiger partial charge in [0.2, 0.25) is 0 Å². The molecule has 0 aromatic heterocycles. The highest BCUT2D eigenvalue weighted by atomic mass is 32.2. The highest BCUT2D eigenvalue weighted by Gasteiger charge is 2.14. The standard InChI is InChI=1S/C14H28O4S/c1-2-3-4-5-6-7-8-9-10-11-12-19(17,18)13-14(15)16/h2-13H2,1H3,(H,15,16). The summed E-state index contributed by atoms with van der Waals surface area (Å²) in [5.74, 6) is -1.98. The van der Waals surface area contributed by atoms with Gasteiger partial charge >= 0.3 is 5.97 Å². The van der Waals surface area contributed by atoms with Gasteiger partial charge in [-0.25, -0.2) is 8.42 Å². The third kappa shape index (κ3) is 13.6. The van der Waals surface area contributed by atoms with E-state index in [1.807, 2.05) is 0 Å². The molecule has 0 saturated heterocycles. The maximum Gasteiger partial charge on any atom is 0.318 e. The van der Waals surface area contributed by atoms with Crippen LogP contribution in [0, 0.1) is 0 Å². The van der Waals surface area contributed by atoms with Crippen LogP contribution >= 0.6 is 0 Å². The van der Waals surface area contributed by atoms with Crippen LogP contribution in [0.5, 0.6) is 0 Å². The molecule has 114 valence electrons. The van der Waals surface area contributed by atoms with Crippen LogP contribution in [0.4, 0.5) is 0 Å². The lowest BCUT2D eigenvalue weighted by atomic mass is 10.1. The molecular formula is C14H28O4S. The van der Waals surface area contributed by atoms with Gasteiger partial charge in [0, 0.05) is 0 Å². The summed E-state index contributed by atoms with van der Waals surface area (Å²) in [6, 6.07) is 0. The zero-order valence-electron chi connectivity index (χ0n) is 12.1. The molecule has 0 aromatic carbocycles. The summed E-state index contributed by atoms with van der Waals surface area (Å²) in [6.45, 7) is 2.21. The number of sulfone groups is 1. The van der Waals surface area contributed by atoms with E-state index in [4.69, 9.17) is 5.11 Å². The van der Waals surface area contributed by atoms with Crippen molar-refractivity contribution in [1.82, 2.24) is 0 Å². The van der Waals surface area contributed by atoms with E-state index in [9.17, 15) is 13.2 Å².